The first-order valence-electron chi connectivity index (χ1n) is 13.6. The molecule has 0 spiro atoms. The van der Waals surface area contributed by atoms with Gasteiger partial charge in [-0.15, -0.1) is 0 Å². The van der Waals surface area contributed by atoms with Crippen LogP contribution in [0.15, 0.2) is 30.6 Å². The lowest BCUT2D eigenvalue weighted by molar-refractivity contribution is -0.123. The van der Waals surface area contributed by atoms with E-state index in [2.05, 4.69) is 40.4 Å². The number of alkyl halides is 1. The zero-order valence-electron chi connectivity index (χ0n) is 22.0. The average Bonchev–Trinajstić information content (AvgIpc) is 3.36. The van der Waals surface area contributed by atoms with Crippen molar-refractivity contribution < 1.29 is 9.18 Å². The molecule has 1 amide bonds. The number of imidazole rings is 1. The molecular weight excluding hydrogens is 489 g/mol. The minimum Gasteiger partial charge on any atom is -0.325 e. The summed E-state index contributed by atoms with van der Waals surface area (Å²) in [6, 6.07) is 8.94. The molecule has 1 unspecified atom stereocenters. The number of fused-ring (bicyclic) bond motifs is 2. The number of pyridine rings is 1. The molecule has 6 rings (SSSR count). The largest absolute Gasteiger partial charge is 0.325 e. The number of halogens is 2. The summed E-state index contributed by atoms with van der Waals surface area (Å²) in [6.07, 6.45) is 5.45. The average molecular weight is 524 g/mol. The number of nitrogens with zero attached hydrogens (tertiary/aromatic N) is 5. The molecule has 8 heteroatoms. The van der Waals surface area contributed by atoms with Crippen molar-refractivity contribution >= 4 is 34.2 Å². The van der Waals surface area contributed by atoms with E-state index < -0.39 is 11.6 Å². The summed E-state index contributed by atoms with van der Waals surface area (Å²) in [5, 5.41) is 0.439. The zero-order chi connectivity index (χ0) is 26.1. The Hall–Kier alpha value is -2.51. The highest BCUT2D eigenvalue weighted by Gasteiger charge is 2.50. The normalized spacial score (nSPS) is 26.4. The molecule has 0 radical (unpaired) electrons. The molecule has 2 fully saturated rings. The molecule has 1 saturated heterocycles. The van der Waals surface area contributed by atoms with Crippen molar-refractivity contribution in [2.45, 2.75) is 89.5 Å². The summed E-state index contributed by atoms with van der Waals surface area (Å²) in [5.74, 6) is 0.138. The minimum atomic E-state index is -0.725. The summed E-state index contributed by atoms with van der Waals surface area (Å²) >= 11 is 6.69. The van der Waals surface area contributed by atoms with Crippen LogP contribution in [0.4, 0.5) is 10.1 Å². The van der Waals surface area contributed by atoms with Gasteiger partial charge in [-0.2, -0.15) is 0 Å². The van der Waals surface area contributed by atoms with Crippen LogP contribution in [0.5, 0.6) is 0 Å². The Kier molecular flexibility index (Phi) is 6.07. The molecule has 3 aliphatic rings. The molecule has 196 valence electrons. The Morgan fingerprint density at radius 3 is 2.73 bits per heavy atom. The Morgan fingerprint density at radius 2 is 2.00 bits per heavy atom. The number of anilines is 1. The smallest absolute Gasteiger partial charge is 0.237 e. The fourth-order valence-electron chi connectivity index (χ4n) is 6.35. The van der Waals surface area contributed by atoms with Gasteiger partial charge >= 0.3 is 0 Å². The molecule has 2 aliphatic heterocycles. The second-order valence-corrected chi connectivity index (χ2v) is 12.0. The lowest BCUT2D eigenvalue weighted by Crippen LogP contribution is -2.58. The van der Waals surface area contributed by atoms with Gasteiger partial charge in [0.25, 0.3) is 0 Å². The van der Waals surface area contributed by atoms with Crippen molar-refractivity contribution in [3.05, 3.63) is 41.3 Å². The molecular formula is C29H35ClFN5O. The molecule has 3 aromatic rings. The van der Waals surface area contributed by atoms with Crippen LogP contribution in [-0.4, -0.2) is 56.7 Å². The van der Waals surface area contributed by atoms with Crippen LogP contribution < -0.4 is 4.90 Å². The van der Waals surface area contributed by atoms with Gasteiger partial charge in [-0.05, 0) is 77.1 Å². The van der Waals surface area contributed by atoms with Gasteiger partial charge in [0.15, 0.2) is 5.15 Å². The van der Waals surface area contributed by atoms with E-state index >= 15 is 0 Å². The highest BCUT2D eigenvalue weighted by atomic mass is 35.5. The maximum atomic E-state index is 14.0. The van der Waals surface area contributed by atoms with E-state index in [4.69, 9.17) is 16.6 Å². The van der Waals surface area contributed by atoms with Gasteiger partial charge in [0.2, 0.25) is 5.91 Å². The third kappa shape index (κ3) is 3.97. The van der Waals surface area contributed by atoms with Crippen molar-refractivity contribution in [2.75, 3.05) is 18.0 Å². The summed E-state index contributed by atoms with van der Waals surface area (Å²) in [7, 11) is 0. The van der Waals surface area contributed by atoms with Crippen LogP contribution in [0.2, 0.25) is 5.15 Å². The van der Waals surface area contributed by atoms with Crippen molar-refractivity contribution in [1.82, 2.24) is 19.4 Å². The molecule has 2 aromatic heterocycles. The quantitative estimate of drug-likeness (QED) is 0.368. The Labute approximate surface area is 222 Å². The van der Waals surface area contributed by atoms with E-state index in [0.29, 0.717) is 24.2 Å². The van der Waals surface area contributed by atoms with Crippen LogP contribution >= 0.6 is 11.6 Å². The third-order valence-electron chi connectivity index (χ3n) is 8.92. The molecule has 0 bridgehead atoms. The molecule has 37 heavy (non-hydrogen) atoms. The summed E-state index contributed by atoms with van der Waals surface area (Å²) in [6.45, 7) is 9.78. The molecule has 4 heterocycles. The first-order valence-corrected chi connectivity index (χ1v) is 14.0. The van der Waals surface area contributed by atoms with E-state index in [0.717, 1.165) is 65.8 Å². The molecule has 1 aromatic carbocycles. The number of carbonyl (C=O) groups is 1. The fourth-order valence-corrected chi connectivity index (χ4v) is 6.64. The van der Waals surface area contributed by atoms with Gasteiger partial charge < -0.3 is 9.47 Å². The maximum absolute atomic E-state index is 14.0. The van der Waals surface area contributed by atoms with Crippen molar-refractivity contribution in [3.63, 3.8) is 0 Å². The number of hydrogen-bond donors (Lipinski definition) is 0. The van der Waals surface area contributed by atoms with Gasteiger partial charge in [-0.3, -0.25) is 9.69 Å². The second kappa shape index (κ2) is 9.05. The number of amides is 1. The first-order chi connectivity index (χ1) is 17.7. The van der Waals surface area contributed by atoms with E-state index in [1.165, 1.54) is 0 Å². The highest BCUT2D eigenvalue weighted by Crippen LogP contribution is 2.48. The van der Waals surface area contributed by atoms with Gasteiger partial charge in [0, 0.05) is 35.9 Å². The Balaban J connectivity index is 1.32. The number of likely N-dealkylation sites (tertiary alicyclic amines) is 1. The number of aromatic nitrogens is 3. The van der Waals surface area contributed by atoms with E-state index in [9.17, 15) is 9.18 Å². The standard InChI is InChI=1S/C29H35ClFN5O/c1-5-17(2)35-16-32-24-14-23(33-27(30)26(24)35)18-8-9-22-25(11-18)36(28(37)29(22,3)4)21-12-20(13-21)34-10-6-7-19(31)15-34/h8-9,11,14,16-17,19-21H,5-7,10,12-13,15H2,1-4H3/t17-,19?,20?,21?/m0/s1. The highest BCUT2D eigenvalue weighted by molar-refractivity contribution is 6.34. The van der Waals surface area contributed by atoms with Gasteiger partial charge in [0.1, 0.15) is 11.7 Å². The lowest BCUT2D eigenvalue weighted by Gasteiger charge is -2.48. The second-order valence-electron chi connectivity index (χ2n) is 11.6. The molecule has 0 N–H and O–H groups in total. The van der Waals surface area contributed by atoms with Crippen LogP contribution in [0.25, 0.3) is 22.3 Å². The van der Waals surface area contributed by atoms with Crippen molar-refractivity contribution in [1.29, 1.82) is 0 Å². The first kappa shape index (κ1) is 24.8. The zero-order valence-corrected chi connectivity index (χ0v) is 22.8. The monoisotopic (exact) mass is 523 g/mol. The number of hydrogen-bond acceptors (Lipinski definition) is 4. The third-order valence-corrected chi connectivity index (χ3v) is 9.18. The van der Waals surface area contributed by atoms with Crippen molar-refractivity contribution in [2.24, 2.45) is 0 Å². The van der Waals surface area contributed by atoms with E-state index in [-0.39, 0.29) is 18.0 Å². The molecule has 1 saturated carbocycles. The molecule has 2 atom stereocenters. The lowest BCUT2D eigenvalue weighted by atomic mass is 9.82. The fraction of sp³-hybridized carbons (Fsp3) is 0.552. The van der Waals surface area contributed by atoms with Gasteiger partial charge in [0.05, 0.1) is 23.0 Å². The van der Waals surface area contributed by atoms with E-state index in [1.807, 2.05) is 37.2 Å². The molecule has 1 aliphatic carbocycles. The predicted octanol–water partition coefficient (Wildman–Crippen LogP) is 6.31. The maximum Gasteiger partial charge on any atom is 0.237 e. The number of piperidine rings is 1. The summed E-state index contributed by atoms with van der Waals surface area (Å²) in [4.78, 5) is 27.3. The molecule has 6 nitrogen and oxygen atoms in total. The summed E-state index contributed by atoms with van der Waals surface area (Å²) < 4.78 is 16.1. The van der Waals surface area contributed by atoms with Crippen LogP contribution in [-0.2, 0) is 10.2 Å². The van der Waals surface area contributed by atoms with Gasteiger partial charge in [-0.1, -0.05) is 30.7 Å². The topological polar surface area (TPSA) is 54.3 Å². The Morgan fingerprint density at radius 1 is 1.22 bits per heavy atom. The Bertz CT molecular complexity index is 1360. The SMILES string of the molecule is CC[C@H](C)n1cnc2cc(-c3ccc4c(c3)N(C3CC(N5CCCC(F)C5)C3)C(=O)C4(C)C)nc(Cl)c21. The van der Waals surface area contributed by atoms with E-state index in [1.54, 1.807) is 0 Å². The van der Waals surface area contributed by atoms with Crippen LogP contribution in [0.1, 0.15) is 71.4 Å². The van der Waals surface area contributed by atoms with Gasteiger partial charge in [-0.25, -0.2) is 14.4 Å². The van der Waals surface area contributed by atoms with Crippen LogP contribution in [0, 0.1) is 0 Å². The predicted molar refractivity (Wildman–Crippen MR) is 146 cm³/mol. The minimum absolute atomic E-state index is 0.138. The number of rotatable bonds is 5. The number of carbonyl (C=O) groups excluding carboxylic acids is 1. The summed E-state index contributed by atoms with van der Waals surface area (Å²) in [5.41, 5.74) is 4.76. The van der Waals surface area contributed by atoms with Crippen molar-refractivity contribution in [3.8, 4) is 11.3 Å². The number of benzene rings is 1. The van der Waals surface area contributed by atoms with Crippen LogP contribution in [0.3, 0.4) is 0 Å².